The van der Waals surface area contributed by atoms with Gasteiger partial charge < -0.3 is 5.11 Å². The van der Waals surface area contributed by atoms with Crippen molar-refractivity contribution in [3.05, 3.63) is 0 Å². The van der Waals surface area contributed by atoms with Gasteiger partial charge in [-0.15, -0.1) is 0 Å². The summed E-state index contributed by atoms with van der Waals surface area (Å²) in [7, 11) is 0. The Morgan fingerprint density at radius 3 is 2.70 bits per heavy atom. The third-order valence-electron chi connectivity index (χ3n) is 1.06. The van der Waals surface area contributed by atoms with Crippen LogP contribution >= 0.6 is 0 Å². The first kappa shape index (κ1) is 7.49. The SMILES string of the molecule is C[C@H]1CN(C(=O)O)S(=O)O1. The van der Waals surface area contributed by atoms with E-state index in [-0.39, 0.29) is 12.6 Å². The minimum atomic E-state index is -1.79. The van der Waals surface area contributed by atoms with Crippen LogP contribution < -0.4 is 0 Å². The smallest absolute Gasteiger partial charge is 0.421 e. The van der Waals surface area contributed by atoms with Gasteiger partial charge >= 0.3 is 6.09 Å². The molecule has 1 rings (SSSR count). The second-order valence-electron chi connectivity index (χ2n) is 1.97. The molecule has 0 aromatic rings. The maximum atomic E-state index is 10.7. The Hall–Kier alpha value is -0.620. The van der Waals surface area contributed by atoms with E-state index < -0.39 is 17.4 Å². The number of hydrogen-bond donors (Lipinski definition) is 1. The molecule has 0 aromatic heterocycles. The first-order valence-electron chi connectivity index (χ1n) is 2.70. The molecule has 1 amide bonds. The predicted octanol–water partition coefficient (Wildman–Crippen LogP) is -0.0362. The molecule has 0 aliphatic carbocycles. The molecule has 1 saturated heterocycles. The molecule has 10 heavy (non-hydrogen) atoms. The summed E-state index contributed by atoms with van der Waals surface area (Å²) in [6.45, 7) is 1.85. The van der Waals surface area contributed by atoms with E-state index in [1.54, 1.807) is 6.92 Å². The average molecular weight is 165 g/mol. The summed E-state index contributed by atoms with van der Waals surface area (Å²) in [6, 6.07) is 0. The van der Waals surface area contributed by atoms with Crippen LogP contribution in [0.2, 0.25) is 0 Å². The highest BCUT2D eigenvalue weighted by atomic mass is 32.2. The van der Waals surface area contributed by atoms with E-state index in [0.29, 0.717) is 0 Å². The van der Waals surface area contributed by atoms with E-state index in [9.17, 15) is 9.00 Å². The summed E-state index contributed by atoms with van der Waals surface area (Å²) < 4.78 is 16.1. The lowest BCUT2D eigenvalue weighted by Crippen LogP contribution is -2.27. The molecule has 58 valence electrons. The first-order valence-corrected chi connectivity index (χ1v) is 3.74. The maximum absolute atomic E-state index is 10.7. The highest BCUT2D eigenvalue weighted by Gasteiger charge is 2.31. The average Bonchev–Trinajstić information content (AvgIpc) is 2.10. The number of carboxylic acid groups (broad SMARTS) is 1. The predicted molar refractivity (Wildman–Crippen MR) is 33.4 cm³/mol. The largest absolute Gasteiger partial charge is 0.464 e. The summed E-state index contributed by atoms with van der Waals surface area (Å²) in [5, 5.41) is 8.35. The molecular weight excluding hydrogens is 158 g/mol. The van der Waals surface area contributed by atoms with Crippen LogP contribution in [0.4, 0.5) is 4.79 Å². The van der Waals surface area contributed by atoms with Gasteiger partial charge in [0.1, 0.15) is 0 Å². The lowest BCUT2D eigenvalue weighted by molar-refractivity contribution is 0.174. The van der Waals surface area contributed by atoms with Crippen molar-refractivity contribution < 1.29 is 18.3 Å². The highest BCUT2D eigenvalue weighted by molar-refractivity contribution is 7.78. The Morgan fingerprint density at radius 2 is 2.50 bits per heavy atom. The minimum Gasteiger partial charge on any atom is -0.464 e. The molecule has 0 aromatic carbocycles. The molecule has 1 N–H and O–H groups in total. The number of rotatable bonds is 0. The Morgan fingerprint density at radius 1 is 1.90 bits per heavy atom. The molecule has 0 bridgehead atoms. The summed E-state index contributed by atoms with van der Waals surface area (Å²) in [5.41, 5.74) is 0. The maximum Gasteiger partial charge on any atom is 0.421 e. The van der Waals surface area contributed by atoms with Crippen molar-refractivity contribution in [1.82, 2.24) is 4.31 Å². The first-order chi connectivity index (χ1) is 4.61. The van der Waals surface area contributed by atoms with Crippen LogP contribution in [0.15, 0.2) is 0 Å². The minimum absolute atomic E-state index is 0.182. The van der Waals surface area contributed by atoms with Crippen molar-refractivity contribution in [2.24, 2.45) is 0 Å². The van der Waals surface area contributed by atoms with Crippen LogP contribution in [-0.2, 0) is 15.4 Å². The van der Waals surface area contributed by atoms with Gasteiger partial charge in [-0.2, -0.15) is 0 Å². The Bertz CT molecular complexity index is 182. The van der Waals surface area contributed by atoms with E-state index in [2.05, 4.69) is 4.18 Å². The summed E-state index contributed by atoms with van der Waals surface area (Å²) in [6.07, 6.45) is -1.47. The fourth-order valence-corrected chi connectivity index (χ4v) is 1.56. The van der Waals surface area contributed by atoms with Gasteiger partial charge in [0.25, 0.3) is 11.3 Å². The highest BCUT2D eigenvalue weighted by Crippen LogP contribution is 2.12. The molecule has 1 heterocycles. The van der Waals surface area contributed by atoms with E-state index in [1.165, 1.54) is 0 Å². The van der Waals surface area contributed by atoms with Gasteiger partial charge in [-0.3, -0.25) is 4.18 Å². The zero-order chi connectivity index (χ0) is 7.72. The van der Waals surface area contributed by atoms with Gasteiger partial charge in [-0.05, 0) is 6.92 Å². The third kappa shape index (κ3) is 1.27. The quantitative estimate of drug-likeness (QED) is 0.547. The zero-order valence-corrected chi connectivity index (χ0v) is 6.13. The van der Waals surface area contributed by atoms with Crippen molar-refractivity contribution in [2.75, 3.05) is 6.54 Å². The van der Waals surface area contributed by atoms with E-state index in [4.69, 9.17) is 5.11 Å². The van der Waals surface area contributed by atoms with Crippen molar-refractivity contribution in [3.8, 4) is 0 Å². The van der Waals surface area contributed by atoms with Crippen LogP contribution in [0.5, 0.6) is 0 Å². The van der Waals surface area contributed by atoms with Crippen molar-refractivity contribution >= 4 is 17.4 Å². The number of nitrogens with zero attached hydrogens (tertiary/aromatic N) is 1. The molecule has 0 saturated carbocycles. The van der Waals surface area contributed by atoms with Crippen molar-refractivity contribution in [3.63, 3.8) is 0 Å². The van der Waals surface area contributed by atoms with Crippen molar-refractivity contribution in [2.45, 2.75) is 13.0 Å². The van der Waals surface area contributed by atoms with E-state index in [1.807, 2.05) is 0 Å². The van der Waals surface area contributed by atoms with Gasteiger partial charge in [0.05, 0.1) is 12.6 Å². The molecule has 1 fully saturated rings. The Labute approximate surface area is 60.4 Å². The molecule has 6 heteroatoms. The third-order valence-corrected chi connectivity index (χ3v) is 2.22. The fourth-order valence-electron chi connectivity index (χ4n) is 0.659. The van der Waals surface area contributed by atoms with Gasteiger partial charge in [0.2, 0.25) is 0 Å². The topological polar surface area (TPSA) is 66.8 Å². The fraction of sp³-hybridized carbons (Fsp3) is 0.750. The molecule has 5 nitrogen and oxygen atoms in total. The standard InChI is InChI=1S/C4H7NO4S/c1-3-2-5(4(6)7)10(8)9-3/h3H,2H2,1H3,(H,6,7)/t3-,10?/m0/s1. The molecule has 1 aliphatic rings. The number of carbonyl (C=O) groups is 1. The summed E-state index contributed by atoms with van der Waals surface area (Å²) >= 11 is -1.79. The normalized spacial score (nSPS) is 32.7. The second-order valence-corrected chi connectivity index (χ2v) is 3.04. The molecule has 1 aliphatic heterocycles. The van der Waals surface area contributed by atoms with Crippen LogP contribution in [0.3, 0.4) is 0 Å². The molecule has 2 atom stereocenters. The van der Waals surface area contributed by atoms with Crippen LogP contribution in [0, 0.1) is 0 Å². The Balaban J connectivity index is 2.63. The van der Waals surface area contributed by atoms with Gasteiger partial charge in [-0.25, -0.2) is 13.3 Å². The summed E-state index contributed by atoms with van der Waals surface area (Å²) in [4.78, 5) is 10.2. The Kier molecular flexibility index (Phi) is 1.91. The zero-order valence-electron chi connectivity index (χ0n) is 5.31. The van der Waals surface area contributed by atoms with E-state index in [0.717, 1.165) is 4.31 Å². The second kappa shape index (κ2) is 2.55. The van der Waals surface area contributed by atoms with Gasteiger partial charge in [-0.1, -0.05) is 0 Å². The van der Waals surface area contributed by atoms with Crippen LogP contribution in [0.25, 0.3) is 0 Å². The number of amides is 1. The van der Waals surface area contributed by atoms with Crippen LogP contribution in [0.1, 0.15) is 6.92 Å². The summed E-state index contributed by atoms with van der Waals surface area (Å²) in [5.74, 6) is 0. The molecule has 1 unspecified atom stereocenters. The van der Waals surface area contributed by atoms with Crippen molar-refractivity contribution in [1.29, 1.82) is 0 Å². The number of hydrogen-bond acceptors (Lipinski definition) is 3. The van der Waals surface area contributed by atoms with E-state index >= 15 is 0 Å². The van der Waals surface area contributed by atoms with Crippen LogP contribution in [-0.4, -0.2) is 32.4 Å². The molecule has 0 spiro atoms. The lowest BCUT2D eigenvalue weighted by atomic mass is 10.4. The molecule has 0 radical (unpaired) electrons. The van der Waals surface area contributed by atoms with Gasteiger partial charge in [0.15, 0.2) is 0 Å². The monoisotopic (exact) mass is 165 g/mol. The molecular formula is C4H7NO4S. The van der Waals surface area contributed by atoms with Gasteiger partial charge in [0, 0.05) is 0 Å². The lowest BCUT2D eigenvalue weighted by Gasteiger charge is -2.03.